The van der Waals surface area contributed by atoms with Crippen LogP contribution >= 0.6 is 11.3 Å². The molecule has 0 aliphatic carbocycles. The van der Waals surface area contributed by atoms with Gasteiger partial charge in [-0.25, -0.2) is 9.67 Å². The lowest BCUT2D eigenvalue weighted by molar-refractivity contribution is 0.0950. The zero-order valence-electron chi connectivity index (χ0n) is 12.5. The van der Waals surface area contributed by atoms with E-state index in [4.69, 9.17) is 0 Å². The molecule has 0 fully saturated rings. The Morgan fingerprint density at radius 2 is 2.12 bits per heavy atom. The molecule has 0 atom stereocenters. The highest BCUT2D eigenvalue weighted by Crippen LogP contribution is 2.21. The summed E-state index contributed by atoms with van der Waals surface area (Å²) >= 11 is 1.37. The van der Waals surface area contributed by atoms with Gasteiger partial charge in [0.1, 0.15) is 5.69 Å². The van der Waals surface area contributed by atoms with Crippen LogP contribution in [0.5, 0.6) is 0 Å². The second-order valence-corrected chi connectivity index (χ2v) is 6.07. The predicted octanol–water partition coefficient (Wildman–Crippen LogP) is 2.20. The average molecular weight is 336 g/mol. The van der Waals surface area contributed by atoms with Crippen LogP contribution in [0, 0.1) is 0 Å². The molecule has 8 heteroatoms. The lowest BCUT2D eigenvalue weighted by Crippen LogP contribution is -2.22. The first-order valence-corrected chi connectivity index (χ1v) is 8.07. The fourth-order valence-electron chi connectivity index (χ4n) is 2.21. The summed E-state index contributed by atoms with van der Waals surface area (Å²) in [5.74, 6) is -0.216. The second-order valence-electron chi connectivity index (χ2n) is 5.04. The summed E-state index contributed by atoms with van der Waals surface area (Å²) in [5, 5.41) is 11.3. The molecule has 0 aliphatic rings. The van der Waals surface area contributed by atoms with Crippen molar-refractivity contribution in [2.45, 2.75) is 6.54 Å². The van der Waals surface area contributed by atoms with Crippen LogP contribution in [0.3, 0.4) is 0 Å². The molecule has 1 N–H and O–H groups in total. The standard InChI is InChI=1S/C16H12N6OS/c23-15(16-19-13-5-1-2-6-14(13)24-16)18-8-11-10-22(21-20-11)12-4-3-7-17-9-12/h1-7,9-10H,8H2,(H,18,23). The smallest absolute Gasteiger partial charge is 0.280 e. The van der Waals surface area contributed by atoms with E-state index in [9.17, 15) is 4.79 Å². The molecule has 4 rings (SSSR count). The highest BCUT2D eigenvalue weighted by Gasteiger charge is 2.12. The summed E-state index contributed by atoms with van der Waals surface area (Å²) < 4.78 is 2.61. The van der Waals surface area contributed by atoms with Gasteiger partial charge in [-0.1, -0.05) is 17.3 Å². The minimum absolute atomic E-state index is 0.216. The number of fused-ring (bicyclic) bond motifs is 1. The van der Waals surface area contributed by atoms with Gasteiger partial charge in [-0.15, -0.1) is 16.4 Å². The largest absolute Gasteiger partial charge is 0.344 e. The predicted molar refractivity (Wildman–Crippen MR) is 89.9 cm³/mol. The van der Waals surface area contributed by atoms with Crippen LogP contribution in [0.2, 0.25) is 0 Å². The fraction of sp³-hybridized carbons (Fsp3) is 0.0625. The Kier molecular flexibility index (Phi) is 3.72. The van der Waals surface area contributed by atoms with Crippen LogP contribution in [-0.2, 0) is 6.54 Å². The number of amides is 1. The third-order valence-corrected chi connectivity index (χ3v) is 4.40. The number of nitrogens with one attached hydrogen (secondary N) is 1. The van der Waals surface area contributed by atoms with Crippen LogP contribution in [0.1, 0.15) is 15.5 Å². The Labute approximate surface area is 141 Å². The molecule has 1 amide bonds. The van der Waals surface area contributed by atoms with Crippen LogP contribution < -0.4 is 5.32 Å². The Morgan fingerprint density at radius 1 is 1.21 bits per heavy atom. The van der Waals surface area contributed by atoms with Crippen LogP contribution in [-0.4, -0.2) is 30.9 Å². The van der Waals surface area contributed by atoms with Gasteiger partial charge < -0.3 is 5.32 Å². The number of carbonyl (C=O) groups is 1. The number of rotatable bonds is 4. The molecule has 3 heterocycles. The molecular formula is C16H12N6OS. The number of carbonyl (C=O) groups excluding carboxylic acids is 1. The quantitative estimate of drug-likeness (QED) is 0.617. The summed E-state index contributed by atoms with van der Waals surface area (Å²) in [7, 11) is 0. The highest BCUT2D eigenvalue weighted by molar-refractivity contribution is 7.20. The van der Waals surface area contributed by atoms with Crippen molar-refractivity contribution in [3.8, 4) is 5.69 Å². The van der Waals surface area contributed by atoms with Crippen molar-refractivity contribution in [3.05, 3.63) is 65.7 Å². The van der Waals surface area contributed by atoms with E-state index in [-0.39, 0.29) is 12.5 Å². The van der Waals surface area contributed by atoms with E-state index in [1.807, 2.05) is 36.4 Å². The lowest BCUT2D eigenvalue weighted by atomic mass is 10.3. The normalized spacial score (nSPS) is 10.8. The summed E-state index contributed by atoms with van der Waals surface area (Å²) in [6, 6.07) is 11.4. The van der Waals surface area contributed by atoms with Crippen molar-refractivity contribution in [2.75, 3.05) is 0 Å². The Morgan fingerprint density at radius 3 is 2.96 bits per heavy atom. The molecule has 0 unspecified atom stereocenters. The number of aromatic nitrogens is 5. The van der Waals surface area contributed by atoms with Crippen LogP contribution in [0.15, 0.2) is 55.0 Å². The molecule has 0 aliphatic heterocycles. The van der Waals surface area contributed by atoms with Crippen molar-refractivity contribution in [3.63, 3.8) is 0 Å². The van der Waals surface area contributed by atoms with Gasteiger partial charge in [0.2, 0.25) is 0 Å². The Hall–Kier alpha value is -3.13. The Bertz CT molecular complexity index is 961. The van der Waals surface area contributed by atoms with Crippen molar-refractivity contribution in [2.24, 2.45) is 0 Å². The van der Waals surface area contributed by atoms with Crippen molar-refractivity contribution < 1.29 is 4.79 Å². The zero-order valence-corrected chi connectivity index (χ0v) is 13.3. The maximum absolute atomic E-state index is 12.2. The Balaban J connectivity index is 1.45. The topological polar surface area (TPSA) is 85.6 Å². The molecular weight excluding hydrogens is 324 g/mol. The lowest BCUT2D eigenvalue weighted by Gasteiger charge is -1.99. The monoisotopic (exact) mass is 336 g/mol. The van der Waals surface area contributed by atoms with Gasteiger partial charge >= 0.3 is 0 Å². The number of pyridine rings is 1. The van der Waals surface area contributed by atoms with E-state index >= 15 is 0 Å². The van der Waals surface area contributed by atoms with E-state index in [0.29, 0.717) is 10.7 Å². The minimum Gasteiger partial charge on any atom is -0.344 e. The van der Waals surface area contributed by atoms with E-state index in [1.54, 1.807) is 23.3 Å². The van der Waals surface area contributed by atoms with Crippen molar-refractivity contribution in [1.29, 1.82) is 0 Å². The third-order valence-electron chi connectivity index (χ3n) is 3.37. The molecule has 0 radical (unpaired) electrons. The SMILES string of the molecule is O=C(NCc1cn(-c2cccnc2)nn1)c1nc2ccccc2s1. The molecule has 4 aromatic rings. The van der Waals surface area contributed by atoms with Crippen molar-refractivity contribution in [1.82, 2.24) is 30.3 Å². The number of hydrogen-bond donors (Lipinski definition) is 1. The number of para-hydroxylation sites is 1. The van der Waals surface area contributed by atoms with Gasteiger partial charge in [-0.2, -0.15) is 0 Å². The third kappa shape index (κ3) is 2.86. The van der Waals surface area contributed by atoms with E-state index in [1.165, 1.54) is 11.3 Å². The van der Waals surface area contributed by atoms with Crippen molar-refractivity contribution >= 4 is 27.5 Å². The molecule has 0 spiro atoms. The van der Waals surface area contributed by atoms with Gasteiger partial charge in [0.05, 0.1) is 34.8 Å². The first-order chi connectivity index (χ1) is 11.8. The number of benzene rings is 1. The molecule has 0 saturated heterocycles. The molecule has 3 aromatic heterocycles. The summed E-state index contributed by atoms with van der Waals surface area (Å²) in [6.45, 7) is 0.287. The first-order valence-electron chi connectivity index (χ1n) is 7.25. The molecule has 24 heavy (non-hydrogen) atoms. The maximum atomic E-state index is 12.2. The van der Waals surface area contributed by atoms with E-state index in [0.717, 1.165) is 15.9 Å². The van der Waals surface area contributed by atoms with Gasteiger partial charge in [-0.05, 0) is 24.3 Å². The van der Waals surface area contributed by atoms with Gasteiger partial charge in [0, 0.05) is 6.20 Å². The molecule has 7 nitrogen and oxygen atoms in total. The molecule has 1 aromatic carbocycles. The number of thiazole rings is 1. The van der Waals surface area contributed by atoms with Gasteiger partial charge in [0.15, 0.2) is 5.01 Å². The number of nitrogens with zero attached hydrogens (tertiary/aromatic N) is 5. The minimum atomic E-state index is -0.216. The summed E-state index contributed by atoms with van der Waals surface area (Å²) in [5.41, 5.74) is 2.30. The van der Waals surface area contributed by atoms with Gasteiger partial charge in [0.25, 0.3) is 5.91 Å². The summed E-state index contributed by atoms with van der Waals surface area (Å²) in [6.07, 6.45) is 5.15. The molecule has 118 valence electrons. The van der Waals surface area contributed by atoms with Crippen LogP contribution in [0.4, 0.5) is 0 Å². The molecule has 0 saturated carbocycles. The summed E-state index contributed by atoms with van der Waals surface area (Å²) in [4.78, 5) is 20.6. The van der Waals surface area contributed by atoms with Gasteiger partial charge in [-0.3, -0.25) is 9.78 Å². The maximum Gasteiger partial charge on any atom is 0.280 e. The average Bonchev–Trinajstić information content (AvgIpc) is 3.27. The first kappa shape index (κ1) is 14.5. The molecule has 0 bridgehead atoms. The zero-order chi connectivity index (χ0) is 16.4. The fourth-order valence-corrected chi connectivity index (χ4v) is 3.09. The van der Waals surface area contributed by atoms with E-state index in [2.05, 4.69) is 25.6 Å². The van der Waals surface area contributed by atoms with Crippen LogP contribution in [0.25, 0.3) is 15.9 Å². The van der Waals surface area contributed by atoms with E-state index < -0.39 is 0 Å². The second kappa shape index (κ2) is 6.17. The number of hydrogen-bond acceptors (Lipinski definition) is 6. The highest BCUT2D eigenvalue weighted by atomic mass is 32.1.